The fourth-order valence-electron chi connectivity index (χ4n) is 8.18. The summed E-state index contributed by atoms with van der Waals surface area (Å²) >= 11 is 2.04. The molecule has 0 fully saturated rings. The van der Waals surface area contributed by atoms with Crippen LogP contribution in [0.4, 0.5) is 0 Å². The first-order valence-electron chi connectivity index (χ1n) is 18.5. The van der Waals surface area contributed by atoms with Crippen molar-refractivity contribution in [2.45, 2.75) is 138 Å². The van der Waals surface area contributed by atoms with E-state index in [1.54, 1.807) is 4.50 Å². The monoisotopic (exact) mass is 877 g/mol. The molecule has 2 aromatic carbocycles. The minimum absolute atomic E-state index is 0. The van der Waals surface area contributed by atoms with Crippen LogP contribution in [0.1, 0.15) is 126 Å². The second kappa shape index (κ2) is 18.9. The standard InChI is InChI=1S/C30H38NSSi.C13H24O2.Ir/c1-18(2)27-17-24(16-23-12-10-11-13-26(23)27)28-29-25(14-15-31-28)22(9)30(32-29)33(19(3)4,20(5)6)21(7)8;1-5-10(6-2)12(14)9-13(15)11(7-3)8-4;/h10-15,17-21H,1-9H3;9-11,14H,5-8H2,1-4H3;/q-1;;/b;12-9-;. The number of aliphatic hydroxyl groups is 1. The molecule has 0 saturated carbocycles. The summed E-state index contributed by atoms with van der Waals surface area (Å²) in [5.41, 5.74) is 7.18. The number of nitrogens with zero attached hydrogens (tertiary/aromatic N) is 1. The second-order valence-electron chi connectivity index (χ2n) is 14.8. The summed E-state index contributed by atoms with van der Waals surface area (Å²) in [4.78, 5) is 16.7. The molecule has 0 spiro atoms. The Morgan fingerprint density at radius 3 is 1.92 bits per heavy atom. The number of ketones is 1. The number of pyridine rings is 1. The van der Waals surface area contributed by atoms with Crippen LogP contribution in [0.25, 0.3) is 32.1 Å². The molecule has 0 unspecified atom stereocenters. The first-order valence-corrected chi connectivity index (χ1v) is 21.5. The SMILES string of the molecule is CCC(CC)C(=O)/C=C(\O)C(CC)CC.Cc1c([Si](C(C)C)(C(C)C)C(C)C)sc2c(-c3[c-]c4ccccc4c(C(C)C)c3)nccc12.[Ir]. The number of allylic oxidation sites excluding steroid dienone is 2. The zero-order valence-corrected chi connectivity index (χ0v) is 36.7. The number of fused-ring (bicyclic) bond motifs is 2. The van der Waals surface area contributed by atoms with E-state index in [1.807, 2.05) is 45.2 Å². The van der Waals surface area contributed by atoms with Crippen molar-refractivity contribution < 1.29 is 30.0 Å². The molecule has 2 aromatic heterocycles. The fourth-order valence-corrected chi connectivity index (χ4v) is 18.7. The van der Waals surface area contributed by atoms with E-state index in [2.05, 4.69) is 105 Å². The normalized spacial score (nSPS) is 12.5. The van der Waals surface area contributed by atoms with Crippen LogP contribution < -0.4 is 4.50 Å². The molecule has 4 aromatic rings. The van der Waals surface area contributed by atoms with E-state index in [4.69, 9.17) is 4.98 Å². The van der Waals surface area contributed by atoms with E-state index >= 15 is 0 Å². The summed E-state index contributed by atoms with van der Waals surface area (Å²) in [7, 11) is -1.75. The Morgan fingerprint density at radius 1 is 0.857 bits per heavy atom. The summed E-state index contributed by atoms with van der Waals surface area (Å²) in [5.74, 6) is 0.997. The minimum Gasteiger partial charge on any atom is -0.512 e. The van der Waals surface area contributed by atoms with Gasteiger partial charge in [0.05, 0.1) is 5.76 Å². The Morgan fingerprint density at radius 2 is 1.41 bits per heavy atom. The summed E-state index contributed by atoms with van der Waals surface area (Å²) in [6.07, 6.45) is 6.91. The van der Waals surface area contributed by atoms with E-state index in [0.29, 0.717) is 22.5 Å². The third kappa shape index (κ3) is 9.04. The van der Waals surface area contributed by atoms with Gasteiger partial charge in [0.2, 0.25) is 0 Å². The number of rotatable bonds is 13. The zero-order valence-electron chi connectivity index (χ0n) is 32.5. The molecule has 0 saturated heterocycles. The van der Waals surface area contributed by atoms with Crippen LogP contribution >= 0.6 is 11.3 Å². The molecule has 0 aliphatic rings. The maximum atomic E-state index is 11.7. The molecule has 0 bridgehead atoms. The molecule has 6 heteroatoms. The Balaban J connectivity index is 0.000000444. The summed E-state index contributed by atoms with van der Waals surface area (Å²) in [5, 5.41) is 13.6. The Labute approximate surface area is 316 Å². The van der Waals surface area contributed by atoms with E-state index in [1.165, 1.54) is 38.1 Å². The van der Waals surface area contributed by atoms with Crippen molar-refractivity contribution in [3.63, 3.8) is 0 Å². The van der Waals surface area contributed by atoms with Gasteiger partial charge >= 0.3 is 0 Å². The fraction of sp³-hybridized carbons (Fsp3) is 0.535. The van der Waals surface area contributed by atoms with Crippen molar-refractivity contribution in [2.24, 2.45) is 11.8 Å². The van der Waals surface area contributed by atoms with Crippen LogP contribution in [0.2, 0.25) is 16.6 Å². The number of aryl methyl sites for hydroxylation is 1. The number of carbonyl (C=O) groups excluding carboxylic acids is 1. The van der Waals surface area contributed by atoms with Crippen LogP contribution in [0.3, 0.4) is 0 Å². The Kier molecular flexibility index (Phi) is 16.6. The molecule has 4 rings (SSSR count). The first kappa shape index (κ1) is 43.1. The first-order chi connectivity index (χ1) is 22.7. The largest absolute Gasteiger partial charge is 0.512 e. The van der Waals surface area contributed by atoms with Gasteiger partial charge in [-0.1, -0.05) is 112 Å². The van der Waals surface area contributed by atoms with E-state index in [0.717, 1.165) is 36.9 Å². The second-order valence-corrected chi connectivity index (χ2v) is 22.0. The topological polar surface area (TPSA) is 50.2 Å². The molecule has 1 N–H and O–H groups in total. The average Bonchev–Trinajstić information content (AvgIpc) is 3.37. The molecule has 49 heavy (non-hydrogen) atoms. The molecular weight excluding hydrogens is 815 g/mol. The quantitative estimate of drug-likeness (QED) is 0.0630. The van der Waals surface area contributed by atoms with Gasteiger partial charge in [0.1, 0.15) is 8.07 Å². The number of carbonyl (C=O) groups is 1. The van der Waals surface area contributed by atoms with Crippen molar-refractivity contribution >= 4 is 50.6 Å². The van der Waals surface area contributed by atoms with Crippen LogP contribution in [0.5, 0.6) is 0 Å². The smallest absolute Gasteiger partial charge is 0.162 e. The van der Waals surface area contributed by atoms with Crippen molar-refractivity contribution in [3.8, 4) is 11.3 Å². The van der Waals surface area contributed by atoms with Crippen LogP contribution in [0, 0.1) is 24.8 Å². The van der Waals surface area contributed by atoms with Crippen molar-refractivity contribution in [3.05, 3.63) is 71.6 Å². The van der Waals surface area contributed by atoms with Gasteiger partial charge in [-0.25, -0.2) is 0 Å². The number of aliphatic hydroxyl groups excluding tert-OH is 1. The summed E-state index contributed by atoms with van der Waals surface area (Å²) < 4.78 is 3.02. The zero-order chi connectivity index (χ0) is 35.9. The maximum absolute atomic E-state index is 11.7. The van der Waals surface area contributed by atoms with Crippen LogP contribution in [-0.2, 0) is 24.9 Å². The molecule has 3 nitrogen and oxygen atoms in total. The average molecular weight is 877 g/mol. The summed E-state index contributed by atoms with van der Waals surface area (Å²) in [6, 6.07) is 16.9. The third-order valence-electron chi connectivity index (χ3n) is 10.9. The molecule has 271 valence electrons. The van der Waals surface area contributed by atoms with Crippen LogP contribution in [-0.4, -0.2) is 23.9 Å². The van der Waals surface area contributed by atoms with Gasteiger partial charge in [0.25, 0.3) is 0 Å². The minimum atomic E-state index is -1.75. The van der Waals surface area contributed by atoms with Crippen molar-refractivity contribution in [2.75, 3.05) is 0 Å². The number of hydrogen-bond donors (Lipinski definition) is 1. The number of benzene rings is 2. The van der Waals surface area contributed by atoms with Gasteiger partial charge < -0.3 is 5.11 Å². The maximum Gasteiger partial charge on any atom is 0.162 e. The predicted octanol–water partition coefficient (Wildman–Crippen LogP) is 13.1. The van der Waals surface area contributed by atoms with Crippen LogP contribution in [0.15, 0.2) is 54.4 Å². The molecule has 0 atom stereocenters. The number of hydrogen-bond acceptors (Lipinski definition) is 4. The van der Waals surface area contributed by atoms with Gasteiger partial charge in [0.15, 0.2) is 5.78 Å². The van der Waals surface area contributed by atoms with Gasteiger partial charge in [-0.2, -0.15) is 11.3 Å². The molecule has 0 aliphatic heterocycles. The predicted molar refractivity (Wildman–Crippen MR) is 215 cm³/mol. The van der Waals surface area contributed by atoms with E-state index < -0.39 is 8.07 Å². The molecule has 0 aliphatic carbocycles. The molecule has 0 amide bonds. The molecular formula is C43H62IrNO2SSi-. The van der Waals surface area contributed by atoms with Crippen molar-refractivity contribution in [1.82, 2.24) is 4.98 Å². The molecule has 2 heterocycles. The number of thiophene rings is 1. The van der Waals surface area contributed by atoms with Gasteiger partial charge in [-0.3, -0.25) is 9.78 Å². The third-order valence-corrected chi connectivity index (χ3v) is 20.3. The van der Waals surface area contributed by atoms with Gasteiger partial charge in [-0.05, 0) is 76.7 Å². The van der Waals surface area contributed by atoms with Crippen molar-refractivity contribution in [1.29, 1.82) is 0 Å². The number of aromatic nitrogens is 1. The van der Waals surface area contributed by atoms with E-state index in [9.17, 15) is 9.90 Å². The Hall–Kier alpha value is -2.11. The van der Waals surface area contributed by atoms with Gasteiger partial charge in [-0.15, -0.1) is 29.1 Å². The Bertz CT molecular complexity index is 1670. The molecule has 1 radical (unpaired) electrons. The van der Waals surface area contributed by atoms with E-state index in [-0.39, 0.29) is 43.5 Å². The van der Waals surface area contributed by atoms with Gasteiger partial charge in [0, 0.05) is 54.6 Å². The summed E-state index contributed by atoms with van der Waals surface area (Å²) in [6.45, 7) is 29.7.